The molecule has 2 aliphatic rings. The van der Waals surface area contributed by atoms with Gasteiger partial charge >= 0.3 is 0 Å². The summed E-state index contributed by atoms with van der Waals surface area (Å²) in [6.07, 6.45) is 12.1. The third-order valence-electron chi connectivity index (χ3n) is 5.37. The molecule has 1 saturated heterocycles. The zero-order valence-corrected chi connectivity index (χ0v) is 18.3. The van der Waals surface area contributed by atoms with Crippen LogP contribution in [-0.2, 0) is 11.2 Å². The molecular weight excluding hydrogens is 441 g/mol. The molecule has 2 N–H and O–H groups in total. The summed E-state index contributed by atoms with van der Waals surface area (Å²) in [5.74, 6) is 1.96. The molecule has 1 aromatic heterocycles. The van der Waals surface area contributed by atoms with Crippen molar-refractivity contribution in [2.75, 3.05) is 19.7 Å². The molecule has 5 nitrogen and oxygen atoms in total. The Labute approximate surface area is 174 Å². The van der Waals surface area contributed by atoms with E-state index in [4.69, 9.17) is 14.1 Å². The van der Waals surface area contributed by atoms with Crippen LogP contribution in [0.2, 0.25) is 0 Å². The average molecular weight is 475 g/mol. The van der Waals surface area contributed by atoms with Gasteiger partial charge in [0.1, 0.15) is 5.76 Å². The van der Waals surface area contributed by atoms with E-state index in [1.165, 1.54) is 32.1 Å². The molecule has 1 atom stereocenters. The molecule has 2 fully saturated rings. The first-order valence-corrected chi connectivity index (χ1v) is 10.0. The van der Waals surface area contributed by atoms with Gasteiger partial charge in [0.2, 0.25) is 0 Å². The summed E-state index contributed by atoms with van der Waals surface area (Å²) in [6.45, 7) is 4.78. The predicted octanol–water partition coefficient (Wildman–Crippen LogP) is 4.27. The molecule has 0 amide bonds. The van der Waals surface area contributed by atoms with Crippen LogP contribution in [0.5, 0.6) is 0 Å². The van der Waals surface area contributed by atoms with Gasteiger partial charge in [-0.15, -0.1) is 24.0 Å². The third-order valence-corrected chi connectivity index (χ3v) is 5.37. The van der Waals surface area contributed by atoms with Crippen LogP contribution in [0.1, 0.15) is 64.1 Å². The summed E-state index contributed by atoms with van der Waals surface area (Å²) in [5, 5.41) is 7.16. The maximum absolute atomic E-state index is 6.15. The number of rotatable bonds is 7. The van der Waals surface area contributed by atoms with E-state index in [-0.39, 0.29) is 29.6 Å². The number of nitrogens with one attached hydrogen (secondary N) is 2. The predicted molar refractivity (Wildman–Crippen MR) is 116 cm³/mol. The van der Waals surface area contributed by atoms with Gasteiger partial charge in [-0.25, -0.2) is 0 Å². The van der Waals surface area contributed by atoms with E-state index >= 15 is 0 Å². The summed E-state index contributed by atoms with van der Waals surface area (Å²) >= 11 is 0. The van der Waals surface area contributed by atoms with Crippen LogP contribution in [0.15, 0.2) is 27.8 Å². The lowest BCUT2D eigenvalue weighted by Crippen LogP contribution is -2.51. The topological polar surface area (TPSA) is 58.8 Å². The van der Waals surface area contributed by atoms with Crippen LogP contribution < -0.4 is 10.6 Å². The minimum absolute atomic E-state index is 0. The lowest BCUT2D eigenvalue weighted by molar-refractivity contribution is -0.0815. The van der Waals surface area contributed by atoms with Crippen molar-refractivity contribution in [3.63, 3.8) is 0 Å². The van der Waals surface area contributed by atoms with Gasteiger partial charge in [-0.2, -0.15) is 0 Å². The Morgan fingerprint density at radius 2 is 2.19 bits per heavy atom. The molecule has 1 saturated carbocycles. The Morgan fingerprint density at radius 3 is 2.92 bits per heavy atom. The highest BCUT2D eigenvalue weighted by Crippen LogP contribution is 2.39. The van der Waals surface area contributed by atoms with Crippen LogP contribution in [-0.4, -0.2) is 37.3 Å². The van der Waals surface area contributed by atoms with Gasteiger partial charge in [-0.1, -0.05) is 26.2 Å². The number of hydrogen-bond donors (Lipinski definition) is 2. The van der Waals surface area contributed by atoms with Crippen molar-refractivity contribution in [3.05, 3.63) is 24.2 Å². The maximum atomic E-state index is 6.15. The van der Waals surface area contributed by atoms with E-state index in [2.05, 4.69) is 17.6 Å². The van der Waals surface area contributed by atoms with E-state index in [1.54, 1.807) is 6.26 Å². The number of halogens is 1. The lowest BCUT2D eigenvalue weighted by Gasteiger charge is -2.39. The Balaban J connectivity index is 0.00000243. The summed E-state index contributed by atoms with van der Waals surface area (Å²) in [7, 11) is 0. The fraction of sp³-hybridized carbons (Fsp3) is 0.750. The Bertz CT molecular complexity index is 527. The monoisotopic (exact) mass is 475 g/mol. The highest BCUT2D eigenvalue weighted by atomic mass is 127. The minimum Gasteiger partial charge on any atom is -0.469 e. The molecule has 6 heteroatoms. The number of ether oxygens (including phenoxy) is 1. The number of guanidine groups is 1. The lowest BCUT2D eigenvalue weighted by atomic mass is 9.89. The average Bonchev–Trinajstić information content (AvgIpc) is 3.28. The van der Waals surface area contributed by atoms with E-state index in [0.717, 1.165) is 57.1 Å². The van der Waals surface area contributed by atoms with E-state index in [0.29, 0.717) is 6.04 Å². The number of nitrogens with zero attached hydrogens (tertiary/aromatic N) is 1. The van der Waals surface area contributed by atoms with Crippen LogP contribution in [0, 0.1) is 0 Å². The molecule has 1 aromatic rings. The minimum atomic E-state index is 0. The molecule has 1 aliphatic carbocycles. The van der Waals surface area contributed by atoms with Crippen LogP contribution >= 0.6 is 24.0 Å². The van der Waals surface area contributed by atoms with E-state index in [9.17, 15) is 0 Å². The van der Waals surface area contributed by atoms with E-state index in [1.807, 2.05) is 12.1 Å². The SMILES string of the molecule is CCCCN=C(NCCc1ccco1)NC1CCOC2(CCCC2)C1.I. The molecule has 1 spiro atoms. The summed E-state index contributed by atoms with van der Waals surface area (Å²) in [4.78, 5) is 4.76. The molecule has 26 heavy (non-hydrogen) atoms. The van der Waals surface area contributed by atoms with Crippen LogP contribution in [0.4, 0.5) is 0 Å². The molecular formula is C20H34IN3O2. The first-order chi connectivity index (χ1) is 12.3. The quantitative estimate of drug-likeness (QED) is 0.268. The Morgan fingerprint density at radius 1 is 1.35 bits per heavy atom. The first kappa shape index (κ1) is 21.5. The van der Waals surface area contributed by atoms with Gasteiger partial charge in [0, 0.05) is 32.2 Å². The highest BCUT2D eigenvalue weighted by Gasteiger charge is 2.40. The molecule has 0 aromatic carbocycles. The second-order valence-electron chi connectivity index (χ2n) is 7.41. The number of aliphatic imine (C=N–C) groups is 1. The number of hydrogen-bond acceptors (Lipinski definition) is 3. The van der Waals surface area contributed by atoms with Gasteiger partial charge in [-0.3, -0.25) is 4.99 Å². The van der Waals surface area contributed by atoms with Crippen molar-refractivity contribution in [2.45, 2.75) is 76.4 Å². The molecule has 1 unspecified atom stereocenters. The summed E-state index contributed by atoms with van der Waals surface area (Å²) in [5.41, 5.74) is 0.138. The zero-order valence-electron chi connectivity index (χ0n) is 16.0. The molecule has 148 valence electrons. The highest BCUT2D eigenvalue weighted by molar-refractivity contribution is 14.0. The molecule has 1 aliphatic heterocycles. The first-order valence-electron chi connectivity index (χ1n) is 10.0. The summed E-state index contributed by atoms with van der Waals surface area (Å²) < 4.78 is 11.6. The fourth-order valence-electron chi connectivity index (χ4n) is 3.97. The van der Waals surface area contributed by atoms with Crippen molar-refractivity contribution in [1.29, 1.82) is 0 Å². The van der Waals surface area contributed by atoms with Gasteiger partial charge < -0.3 is 19.8 Å². The van der Waals surface area contributed by atoms with Gasteiger partial charge in [0.25, 0.3) is 0 Å². The van der Waals surface area contributed by atoms with Crippen molar-refractivity contribution in [3.8, 4) is 0 Å². The van der Waals surface area contributed by atoms with Crippen molar-refractivity contribution in [1.82, 2.24) is 10.6 Å². The Hall–Kier alpha value is -0.760. The number of furan rings is 1. The fourth-order valence-corrected chi connectivity index (χ4v) is 3.97. The second-order valence-corrected chi connectivity index (χ2v) is 7.41. The smallest absolute Gasteiger partial charge is 0.191 e. The largest absolute Gasteiger partial charge is 0.469 e. The molecule has 2 heterocycles. The normalized spacial score (nSPS) is 22.2. The van der Waals surface area contributed by atoms with Crippen molar-refractivity contribution < 1.29 is 9.15 Å². The zero-order chi connectivity index (χ0) is 17.4. The van der Waals surface area contributed by atoms with Crippen molar-refractivity contribution in [2.24, 2.45) is 4.99 Å². The number of unbranched alkanes of at least 4 members (excludes halogenated alkanes) is 1. The molecule has 0 bridgehead atoms. The van der Waals surface area contributed by atoms with Crippen LogP contribution in [0.3, 0.4) is 0 Å². The maximum Gasteiger partial charge on any atom is 0.191 e. The van der Waals surface area contributed by atoms with Gasteiger partial charge in [-0.05, 0) is 44.2 Å². The standard InChI is InChI=1S/C20H33N3O2.HI/c1-2-3-12-21-19(22-13-8-18-7-6-14-24-18)23-17-9-15-25-20(16-17)10-4-5-11-20;/h6-7,14,17H,2-5,8-13,15-16H2,1H3,(H2,21,22,23);1H. The second kappa shape index (κ2) is 11.2. The summed E-state index contributed by atoms with van der Waals surface area (Å²) in [6, 6.07) is 4.42. The molecule has 0 radical (unpaired) electrons. The molecule has 3 rings (SSSR count). The van der Waals surface area contributed by atoms with Gasteiger partial charge in [0.05, 0.1) is 11.9 Å². The third kappa shape index (κ3) is 6.44. The van der Waals surface area contributed by atoms with E-state index < -0.39 is 0 Å². The Kier molecular flexibility index (Phi) is 9.25. The van der Waals surface area contributed by atoms with Crippen LogP contribution in [0.25, 0.3) is 0 Å². The van der Waals surface area contributed by atoms with Crippen molar-refractivity contribution >= 4 is 29.9 Å². The van der Waals surface area contributed by atoms with Gasteiger partial charge in [0.15, 0.2) is 5.96 Å².